The van der Waals surface area contributed by atoms with Crippen LogP contribution in [0.25, 0.3) is 11.6 Å². The van der Waals surface area contributed by atoms with Gasteiger partial charge in [0.2, 0.25) is 0 Å². The number of anilines is 1. The summed E-state index contributed by atoms with van der Waals surface area (Å²) in [6.07, 6.45) is 2.80. The van der Waals surface area contributed by atoms with Gasteiger partial charge in [-0.05, 0) is 32.1 Å². The molecule has 0 aliphatic carbocycles. The van der Waals surface area contributed by atoms with Crippen molar-refractivity contribution in [2.45, 2.75) is 26.4 Å². The van der Waals surface area contributed by atoms with Crippen molar-refractivity contribution in [1.82, 2.24) is 9.97 Å². The molecule has 0 spiro atoms. The highest BCUT2D eigenvalue weighted by Crippen LogP contribution is 2.36. The van der Waals surface area contributed by atoms with Crippen molar-refractivity contribution in [3.63, 3.8) is 0 Å². The number of aromatic amines is 1. The number of H-pyrrole nitrogens is 1. The third kappa shape index (κ3) is 2.94. The van der Waals surface area contributed by atoms with E-state index in [4.69, 9.17) is 0 Å². The number of fused-ring (bicyclic) bond motifs is 1. The number of benzene rings is 1. The number of aliphatic hydroxyl groups is 1. The van der Waals surface area contributed by atoms with Crippen molar-refractivity contribution in [2.24, 2.45) is 0 Å². The third-order valence-electron chi connectivity index (χ3n) is 3.68. The SMILES string of the molecule is Cc1nc[nH]c1/C=C1\C(=O)Nc2ccc(F)c(C#CC[C@H](C)O)c21. The second-order valence-electron chi connectivity index (χ2n) is 5.61. The Morgan fingerprint density at radius 1 is 1.46 bits per heavy atom. The van der Waals surface area contributed by atoms with Gasteiger partial charge >= 0.3 is 0 Å². The lowest BCUT2D eigenvalue weighted by atomic mass is 9.99. The summed E-state index contributed by atoms with van der Waals surface area (Å²) in [4.78, 5) is 19.3. The zero-order valence-electron chi connectivity index (χ0n) is 13.3. The Balaban J connectivity index is 2.13. The number of amides is 1. The monoisotopic (exact) mass is 325 g/mol. The molecule has 1 aliphatic heterocycles. The van der Waals surface area contributed by atoms with E-state index in [-0.39, 0.29) is 17.9 Å². The number of imidazole rings is 1. The molecular formula is C18H16FN3O2. The second kappa shape index (κ2) is 6.30. The zero-order valence-corrected chi connectivity index (χ0v) is 13.3. The van der Waals surface area contributed by atoms with Crippen molar-refractivity contribution in [3.8, 4) is 11.8 Å². The Kier molecular flexibility index (Phi) is 4.19. The lowest BCUT2D eigenvalue weighted by molar-refractivity contribution is -0.110. The van der Waals surface area contributed by atoms with Gasteiger partial charge in [-0.2, -0.15) is 0 Å². The number of aliphatic hydroxyl groups excluding tert-OH is 1. The zero-order chi connectivity index (χ0) is 17.3. The number of hydrogen-bond donors (Lipinski definition) is 3. The van der Waals surface area contributed by atoms with E-state index in [0.717, 1.165) is 5.69 Å². The first kappa shape index (κ1) is 16.0. The molecule has 1 aromatic heterocycles. The molecule has 1 amide bonds. The molecule has 2 aromatic rings. The minimum absolute atomic E-state index is 0.148. The van der Waals surface area contributed by atoms with E-state index in [0.29, 0.717) is 22.5 Å². The highest BCUT2D eigenvalue weighted by molar-refractivity contribution is 6.35. The predicted octanol–water partition coefficient (Wildman–Crippen LogP) is 2.47. The van der Waals surface area contributed by atoms with Gasteiger partial charge in [-0.1, -0.05) is 11.8 Å². The summed E-state index contributed by atoms with van der Waals surface area (Å²) in [6.45, 7) is 3.42. The topological polar surface area (TPSA) is 78.0 Å². The summed E-state index contributed by atoms with van der Waals surface area (Å²) in [5.74, 6) is 4.68. The Morgan fingerprint density at radius 3 is 2.92 bits per heavy atom. The summed E-state index contributed by atoms with van der Waals surface area (Å²) < 4.78 is 14.3. The summed E-state index contributed by atoms with van der Waals surface area (Å²) in [5.41, 5.74) is 2.86. The number of carbonyl (C=O) groups is 1. The van der Waals surface area contributed by atoms with Crippen LogP contribution < -0.4 is 5.32 Å². The van der Waals surface area contributed by atoms with Crippen molar-refractivity contribution >= 4 is 23.2 Å². The number of aromatic nitrogens is 2. The van der Waals surface area contributed by atoms with Crippen LogP contribution in [0.4, 0.5) is 10.1 Å². The standard InChI is InChI=1S/C18H16FN3O2/c1-10(23)4-3-5-12-14(19)6-7-15-17(12)13(18(24)22-15)8-16-11(2)20-9-21-16/h6-10,23H,4H2,1-2H3,(H,20,21)(H,22,24)/b13-8-/t10-/m0/s1. The molecule has 122 valence electrons. The van der Waals surface area contributed by atoms with Crippen molar-refractivity contribution < 1.29 is 14.3 Å². The van der Waals surface area contributed by atoms with Gasteiger partial charge in [0, 0.05) is 12.0 Å². The molecule has 0 radical (unpaired) electrons. The lowest BCUT2D eigenvalue weighted by Crippen LogP contribution is -2.03. The van der Waals surface area contributed by atoms with E-state index in [9.17, 15) is 14.3 Å². The molecule has 6 heteroatoms. The van der Waals surface area contributed by atoms with E-state index >= 15 is 0 Å². The minimum atomic E-state index is -0.597. The lowest BCUT2D eigenvalue weighted by Gasteiger charge is -2.04. The first-order valence-corrected chi connectivity index (χ1v) is 7.50. The molecule has 3 N–H and O–H groups in total. The minimum Gasteiger partial charge on any atom is -0.392 e. The van der Waals surface area contributed by atoms with Gasteiger partial charge in [-0.3, -0.25) is 4.79 Å². The molecule has 0 fully saturated rings. The molecule has 1 atom stereocenters. The Bertz CT molecular complexity index is 901. The van der Waals surface area contributed by atoms with Gasteiger partial charge in [0.15, 0.2) is 0 Å². The van der Waals surface area contributed by atoms with Crippen LogP contribution in [0, 0.1) is 24.6 Å². The van der Waals surface area contributed by atoms with Crippen molar-refractivity contribution in [2.75, 3.05) is 5.32 Å². The molecule has 1 aliphatic rings. The average Bonchev–Trinajstić information content (AvgIpc) is 3.06. The quantitative estimate of drug-likeness (QED) is 0.586. The number of hydrogen-bond acceptors (Lipinski definition) is 3. The number of carbonyl (C=O) groups excluding carboxylic acids is 1. The molecule has 5 nitrogen and oxygen atoms in total. The highest BCUT2D eigenvalue weighted by atomic mass is 19.1. The molecule has 1 aromatic carbocycles. The summed E-state index contributed by atoms with van der Waals surface area (Å²) >= 11 is 0. The van der Waals surface area contributed by atoms with E-state index in [1.165, 1.54) is 18.5 Å². The smallest absolute Gasteiger partial charge is 0.256 e. The van der Waals surface area contributed by atoms with E-state index in [1.54, 1.807) is 13.0 Å². The maximum absolute atomic E-state index is 14.3. The fraction of sp³-hybridized carbons (Fsp3) is 0.222. The van der Waals surface area contributed by atoms with Crippen LogP contribution in [-0.4, -0.2) is 27.1 Å². The number of nitrogens with zero attached hydrogens (tertiary/aromatic N) is 1. The molecule has 0 bridgehead atoms. The summed E-state index contributed by atoms with van der Waals surface area (Å²) in [5, 5.41) is 12.0. The van der Waals surface area contributed by atoms with Gasteiger partial charge in [0.1, 0.15) is 5.82 Å². The van der Waals surface area contributed by atoms with Crippen molar-refractivity contribution in [3.05, 3.63) is 46.8 Å². The maximum Gasteiger partial charge on any atom is 0.256 e. The Morgan fingerprint density at radius 2 is 2.25 bits per heavy atom. The Labute approximate surface area is 138 Å². The van der Waals surface area contributed by atoms with Gasteiger partial charge in [0.05, 0.1) is 40.6 Å². The fourth-order valence-corrected chi connectivity index (χ4v) is 2.47. The molecule has 0 unspecified atom stereocenters. The van der Waals surface area contributed by atoms with Gasteiger partial charge < -0.3 is 15.4 Å². The molecular weight excluding hydrogens is 309 g/mol. The highest BCUT2D eigenvalue weighted by Gasteiger charge is 2.28. The van der Waals surface area contributed by atoms with Gasteiger partial charge in [-0.15, -0.1) is 0 Å². The summed E-state index contributed by atoms with van der Waals surface area (Å²) in [7, 11) is 0. The number of halogens is 1. The van der Waals surface area contributed by atoms with Crippen LogP contribution in [0.5, 0.6) is 0 Å². The normalized spacial score (nSPS) is 15.7. The fourth-order valence-electron chi connectivity index (χ4n) is 2.47. The Hall–Kier alpha value is -2.91. The summed E-state index contributed by atoms with van der Waals surface area (Å²) in [6, 6.07) is 2.79. The first-order chi connectivity index (χ1) is 11.5. The van der Waals surface area contributed by atoms with E-state index < -0.39 is 11.9 Å². The number of nitrogens with one attached hydrogen (secondary N) is 2. The van der Waals surface area contributed by atoms with E-state index in [2.05, 4.69) is 27.1 Å². The maximum atomic E-state index is 14.3. The van der Waals surface area contributed by atoms with Crippen LogP contribution >= 0.6 is 0 Å². The molecule has 24 heavy (non-hydrogen) atoms. The molecule has 0 saturated carbocycles. The van der Waals surface area contributed by atoms with Gasteiger partial charge in [-0.25, -0.2) is 9.37 Å². The largest absolute Gasteiger partial charge is 0.392 e. The molecule has 0 saturated heterocycles. The molecule has 3 rings (SSSR count). The first-order valence-electron chi connectivity index (χ1n) is 7.50. The van der Waals surface area contributed by atoms with Crippen molar-refractivity contribution in [1.29, 1.82) is 0 Å². The van der Waals surface area contributed by atoms with Gasteiger partial charge in [0.25, 0.3) is 5.91 Å². The third-order valence-corrected chi connectivity index (χ3v) is 3.68. The number of rotatable bonds is 2. The van der Waals surface area contributed by atoms with Crippen LogP contribution in [0.1, 0.15) is 35.9 Å². The van der Waals surface area contributed by atoms with Crippen LogP contribution in [0.2, 0.25) is 0 Å². The second-order valence-corrected chi connectivity index (χ2v) is 5.61. The predicted molar refractivity (Wildman–Crippen MR) is 89.4 cm³/mol. The van der Waals surface area contributed by atoms with E-state index in [1.807, 2.05) is 6.92 Å². The van der Waals surface area contributed by atoms with Crippen LogP contribution in [0.15, 0.2) is 18.5 Å². The molecule has 2 heterocycles. The number of aryl methyl sites for hydroxylation is 1. The van der Waals surface area contributed by atoms with Crippen LogP contribution in [-0.2, 0) is 4.79 Å². The average molecular weight is 325 g/mol. The van der Waals surface area contributed by atoms with Crippen LogP contribution in [0.3, 0.4) is 0 Å².